The van der Waals surface area contributed by atoms with E-state index in [9.17, 15) is 45.7 Å². The predicted octanol–water partition coefficient (Wildman–Crippen LogP) is 4.81. The van der Waals surface area contributed by atoms with Crippen LogP contribution in [0.3, 0.4) is 0 Å². The van der Waals surface area contributed by atoms with Gasteiger partial charge in [-0.25, -0.2) is 13.9 Å². The molecule has 2 N–H and O–H groups in total. The summed E-state index contributed by atoms with van der Waals surface area (Å²) in [5.74, 6) is -2.33. The van der Waals surface area contributed by atoms with Gasteiger partial charge in [0.2, 0.25) is 0 Å². The molecule has 1 heterocycles. The number of ether oxygens (including phenoxy) is 1. The molecule has 0 saturated heterocycles. The highest BCUT2D eigenvalue weighted by Crippen LogP contribution is 2.46. The van der Waals surface area contributed by atoms with Crippen LogP contribution in [0.5, 0.6) is 5.75 Å². The fourth-order valence-corrected chi connectivity index (χ4v) is 3.89. The summed E-state index contributed by atoms with van der Waals surface area (Å²) >= 11 is 0. The molecule has 1 unspecified atom stereocenters. The molecular weight excluding hydrogens is 529 g/mol. The predicted molar refractivity (Wildman–Crippen MR) is 117 cm³/mol. The van der Waals surface area contributed by atoms with E-state index in [4.69, 9.17) is 8.85 Å². The minimum absolute atomic E-state index is 0.0482. The Bertz CT molecular complexity index is 1420. The molecule has 15 heteroatoms. The van der Waals surface area contributed by atoms with E-state index in [0.717, 1.165) is 35.1 Å². The maximum Gasteiger partial charge on any atom is 0.420 e. The van der Waals surface area contributed by atoms with Crippen molar-refractivity contribution in [2.45, 2.75) is 43.4 Å². The van der Waals surface area contributed by atoms with E-state index in [1.165, 1.54) is 0 Å². The normalized spacial score (nSPS) is 21.5. The maximum absolute atomic E-state index is 14.1. The third-order valence-electron chi connectivity index (χ3n) is 5.81. The molecule has 2 aromatic carbocycles. The number of aliphatic hydroxyl groups is 2. The highest BCUT2D eigenvalue weighted by atomic mass is 19.4. The third-order valence-corrected chi connectivity index (χ3v) is 5.81. The lowest BCUT2D eigenvalue weighted by atomic mass is 10.0. The Hall–Kier alpha value is -3.72. The lowest BCUT2D eigenvalue weighted by molar-refractivity contribution is -0.143. The van der Waals surface area contributed by atoms with Crippen molar-refractivity contribution in [3.05, 3.63) is 59.5 Å². The molecule has 3 aromatic rings. The maximum atomic E-state index is 14.1. The summed E-state index contributed by atoms with van der Waals surface area (Å²) in [6.45, 7) is -3.38. The molecule has 0 spiro atoms. The minimum atomic E-state index is -5.54. The molecule has 0 radical (unpaired) electrons. The lowest BCUT2D eigenvalue weighted by Crippen LogP contribution is -2.30. The van der Waals surface area contributed by atoms with E-state index >= 15 is 0 Å². The average molecular weight is 551 g/mol. The second kappa shape index (κ2) is 9.87. The van der Waals surface area contributed by atoms with Crippen molar-refractivity contribution in [2.75, 3.05) is 11.9 Å². The Labute approximate surface area is 214 Å². The zero-order valence-corrected chi connectivity index (χ0v) is 18.8. The number of carbonyl (C=O) groups excluding carboxylic acids is 1. The van der Waals surface area contributed by atoms with E-state index in [2.05, 4.69) is 10.3 Å². The number of amides is 1. The summed E-state index contributed by atoms with van der Waals surface area (Å²) in [5.41, 5.74) is -5.99. The summed E-state index contributed by atoms with van der Waals surface area (Å²) in [4.78, 5) is 13.0. The first-order valence-electron chi connectivity index (χ1n) is 12.2. The van der Waals surface area contributed by atoms with Gasteiger partial charge in [-0.15, -0.1) is 5.10 Å². The van der Waals surface area contributed by atoms with Gasteiger partial charge < -0.3 is 14.9 Å². The summed E-state index contributed by atoms with van der Waals surface area (Å²) in [5, 5.41) is 26.9. The molecule has 1 saturated carbocycles. The van der Waals surface area contributed by atoms with Gasteiger partial charge in [0.15, 0.2) is 5.75 Å². The Morgan fingerprint density at radius 3 is 2.26 bits per heavy atom. The zero-order chi connectivity index (χ0) is 30.5. The van der Waals surface area contributed by atoms with Gasteiger partial charge in [-0.1, -0.05) is 5.21 Å². The van der Waals surface area contributed by atoms with Crippen molar-refractivity contribution in [3.8, 4) is 17.0 Å². The number of anilines is 1. The summed E-state index contributed by atoms with van der Waals surface area (Å²) in [6.07, 6.45) is -14.3. The number of aliphatic hydroxyl groups excluding tert-OH is 2. The van der Waals surface area contributed by atoms with Crippen LogP contribution < -0.4 is 9.64 Å². The van der Waals surface area contributed by atoms with Gasteiger partial charge in [-0.2, -0.15) is 26.3 Å². The van der Waals surface area contributed by atoms with Crippen LogP contribution >= 0.6 is 0 Å². The number of benzene rings is 2. The average Bonchev–Trinajstić information content (AvgIpc) is 3.45. The molecule has 0 aliphatic heterocycles. The Morgan fingerprint density at radius 2 is 1.71 bits per heavy atom. The van der Waals surface area contributed by atoms with E-state index in [1.54, 1.807) is 0 Å². The van der Waals surface area contributed by atoms with Gasteiger partial charge in [-0.3, -0.25) is 4.90 Å². The van der Waals surface area contributed by atoms with Crippen molar-refractivity contribution < 1.29 is 54.6 Å². The Balaban J connectivity index is 1.87. The monoisotopic (exact) mass is 551 g/mol. The number of alkyl halides is 6. The molecular formula is C23H19F7N4O4. The van der Waals surface area contributed by atoms with Gasteiger partial charge in [0.05, 0.1) is 35.6 Å². The number of halogens is 7. The smallest absolute Gasteiger partial charge is 0.409 e. The zero-order valence-electron chi connectivity index (χ0n) is 21.8. The van der Waals surface area contributed by atoms with Crippen molar-refractivity contribution >= 4 is 11.8 Å². The third kappa shape index (κ3) is 5.57. The van der Waals surface area contributed by atoms with E-state index in [1.807, 2.05) is 0 Å². The second-order valence-electron chi connectivity index (χ2n) is 8.42. The first kappa shape index (κ1) is 23.4. The minimum Gasteiger partial charge on any atom is -0.409 e. The molecule has 38 heavy (non-hydrogen) atoms. The second-order valence-corrected chi connectivity index (χ2v) is 8.42. The molecule has 8 nitrogen and oxygen atoms in total. The summed E-state index contributed by atoms with van der Waals surface area (Å²) in [7, 11) is 0. The highest BCUT2D eigenvalue weighted by molar-refractivity contribution is 5.90. The molecule has 1 fully saturated rings. The molecule has 1 amide bonds. The number of hydrogen-bond acceptors (Lipinski definition) is 6. The van der Waals surface area contributed by atoms with E-state index < -0.39 is 83.3 Å². The quantitative estimate of drug-likeness (QED) is 0.452. The van der Waals surface area contributed by atoms with Gasteiger partial charge >= 0.3 is 18.4 Å². The van der Waals surface area contributed by atoms with Crippen LogP contribution in [0, 0.1) is 5.82 Å². The van der Waals surface area contributed by atoms with Crippen molar-refractivity contribution in [2.24, 2.45) is 0 Å². The fourth-order valence-electron chi connectivity index (χ4n) is 3.89. The van der Waals surface area contributed by atoms with Gasteiger partial charge in [0, 0.05) is 22.3 Å². The lowest BCUT2D eigenvalue weighted by Gasteiger charge is -2.22. The van der Waals surface area contributed by atoms with Crippen LogP contribution in [0.1, 0.15) is 34.1 Å². The fraction of sp³-hybridized carbons (Fsp3) is 0.348. The van der Waals surface area contributed by atoms with Crippen LogP contribution in [0.15, 0.2) is 42.6 Å². The van der Waals surface area contributed by atoms with Crippen LogP contribution in [-0.4, -0.2) is 50.5 Å². The molecule has 4 rings (SSSR count). The van der Waals surface area contributed by atoms with Crippen LogP contribution in [-0.2, 0) is 12.4 Å². The summed E-state index contributed by atoms with van der Waals surface area (Å²) in [6, 6.07) is 2.39. The Kier molecular flexibility index (Phi) is 6.08. The molecule has 0 bridgehead atoms. The van der Waals surface area contributed by atoms with Crippen LogP contribution in [0.25, 0.3) is 11.3 Å². The molecule has 204 valence electrons. The molecule has 3 atom stereocenters. The molecule has 1 aliphatic carbocycles. The van der Waals surface area contributed by atoms with Crippen LogP contribution in [0.2, 0.25) is 0 Å². The van der Waals surface area contributed by atoms with E-state index in [0.29, 0.717) is 0 Å². The van der Waals surface area contributed by atoms with Gasteiger partial charge in [0.1, 0.15) is 11.5 Å². The topological polar surface area (TPSA) is 101 Å². The first-order valence-corrected chi connectivity index (χ1v) is 10.7. The summed E-state index contributed by atoms with van der Waals surface area (Å²) < 4.78 is 125. The number of carbonyl (C=O) groups is 1. The van der Waals surface area contributed by atoms with E-state index in [-0.39, 0.29) is 29.9 Å². The Morgan fingerprint density at radius 1 is 1.08 bits per heavy atom. The number of nitrogens with zero attached hydrogens (tertiary/aromatic N) is 4. The number of rotatable bonds is 4. The standard InChI is InChI=1S/C23H19F7N4O4/c1-33(13-4-2-12(24)3-5-13)21(37)38-20-15(6-11(22(25,26)27)7-16(20)23(28,29)30)17-10-34(32-31-17)14-8-18(35)19(36)9-14/h2-7,10,14,18-19,35-36H,8-9H2,1H3/t14?,18-,19+/i1D3. The number of aromatic nitrogens is 3. The van der Waals surface area contributed by atoms with Gasteiger partial charge in [0.25, 0.3) is 0 Å². The highest BCUT2D eigenvalue weighted by Gasteiger charge is 2.42. The van der Waals surface area contributed by atoms with Crippen molar-refractivity contribution in [1.82, 2.24) is 15.0 Å². The van der Waals surface area contributed by atoms with Crippen molar-refractivity contribution in [3.63, 3.8) is 0 Å². The van der Waals surface area contributed by atoms with Crippen molar-refractivity contribution in [1.29, 1.82) is 0 Å². The van der Waals surface area contributed by atoms with Crippen LogP contribution in [0.4, 0.5) is 41.2 Å². The first-order chi connectivity index (χ1) is 18.9. The number of hydrogen-bond donors (Lipinski definition) is 2. The van der Waals surface area contributed by atoms with Gasteiger partial charge in [-0.05, 0) is 49.2 Å². The molecule has 1 aromatic heterocycles. The largest absolute Gasteiger partial charge is 0.420 e. The molecule has 1 aliphatic rings. The SMILES string of the molecule is [2H]C([2H])([2H])N(C(=O)Oc1c(-c2cn(C3C[C@@H](O)[C@@H](O)C3)nn2)cc(C(F)(F)F)cc1C(F)(F)F)c1ccc(F)cc1.